The molecule has 0 radical (unpaired) electrons. The van der Waals surface area contributed by atoms with Gasteiger partial charge < -0.3 is 4.42 Å². The van der Waals surface area contributed by atoms with Crippen molar-refractivity contribution in [2.75, 3.05) is 0 Å². The van der Waals surface area contributed by atoms with Crippen LogP contribution in [0.5, 0.6) is 0 Å². The molecule has 0 atom stereocenters. The molecule has 4 heteroatoms. The number of rotatable bonds is 2. The van der Waals surface area contributed by atoms with Gasteiger partial charge in [0.25, 0.3) is 5.82 Å². The molecule has 3 heterocycles. The number of hydrogen-bond acceptors (Lipinski definition) is 2. The number of aromatic amines is 1. The number of furan rings is 1. The van der Waals surface area contributed by atoms with Crippen molar-refractivity contribution in [1.29, 1.82) is 0 Å². The van der Waals surface area contributed by atoms with E-state index in [-0.39, 0.29) is 0 Å². The van der Waals surface area contributed by atoms with Crippen LogP contribution in [-0.4, -0.2) is 10.1 Å². The molecule has 2 aromatic rings. The van der Waals surface area contributed by atoms with Crippen LogP contribution in [0.15, 0.2) is 10.7 Å². The fourth-order valence-corrected chi connectivity index (χ4v) is 2.50. The fourth-order valence-electron chi connectivity index (χ4n) is 2.50. The topological polar surface area (TPSA) is 45.7 Å². The van der Waals surface area contributed by atoms with Crippen LogP contribution in [0.1, 0.15) is 42.7 Å². The molecular weight excluding hydrogens is 214 g/mol. The first-order valence-electron chi connectivity index (χ1n) is 6.36. The van der Waals surface area contributed by atoms with E-state index in [2.05, 4.69) is 28.6 Å². The average molecular weight is 232 g/mol. The molecule has 17 heavy (non-hydrogen) atoms. The van der Waals surface area contributed by atoms with Crippen molar-refractivity contribution in [3.8, 4) is 5.69 Å². The number of aryl methyl sites for hydroxylation is 4. The van der Waals surface area contributed by atoms with E-state index in [1.165, 1.54) is 11.3 Å². The van der Waals surface area contributed by atoms with Gasteiger partial charge in [0.05, 0.1) is 12.7 Å². The number of H-pyrrole nitrogens is 1. The number of hydrogen-bond donors (Lipinski definition) is 1. The van der Waals surface area contributed by atoms with Crippen LogP contribution in [0.25, 0.3) is 5.69 Å². The molecule has 3 rings (SSSR count). The number of aromatic nitrogens is 3. The quantitative estimate of drug-likeness (QED) is 0.805. The lowest BCUT2D eigenvalue weighted by Crippen LogP contribution is -2.37. The monoisotopic (exact) mass is 232 g/mol. The highest BCUT2D eigenvalue weighted by Gasteiger charge is 2.29. The zero-order valence-corrected chi connectivity index (χ0v) is 10.4. The van der Waals surface area contributed by atoms with E-state index < -0.39 is 0 Å². The van der Waals surface area contributed by atoms with E-state index >= 15 is 0 Å². The molecule has 0 saturated carbocycles. The molecule has 2 aromatic heterocycles. The number of fused-ring (bicyclic) bond motifs is 3. The molecule has 1 N–H and O–H groups in total. The van der Waals surface area contributed by atoms with Gasteiger partial charge in [0.15, 0.2) is 11.4 Å². The normalized spacial score (nSPS) is 14.2. The maximum atomic E-state index is 5.62. The average Bonchev–Trinajstić information content (AvgIpc) is 2.80. The molecule has 90 valence electrons. The van der Waals surface area contributed by atoms with Gasteiger partial charge in [-0.2, -0.15) is 5.10 Å². The zero-order valence-electron chi connectivity index (χ0n) is 10.4. The Kier molecular flexibility index (Phi) is 2.50. The summed E-state index contributed by atoms with van der Waals surface area (Å²) in [4.78, 5) is 4.69. The molecule has 1 aliphatic heterocycles. The Morgan fingerprint density at radius 2 is 2.35 bits per heavy atom. The molecule has 0 spiro atoms. The van der Waals surface area contributed by atoms with Crippen molar-refractivity contribution < 1.29 is 9.10 Å². The highest BCUT2D eigenvalue weighted by molar-refractivity contribution is 5.35. The third-order valence-corrected chi connectivity index (χ3v) is 3.29. The molecule has 0 amide bonds. The third kappa shape index (κ3) is 1.68. The van der Waals surface area contributed by atoms with Crippen molar-refractivity contribution in [3.63, 3.8) is 0 Å². The van der Waals surface area contributed by atoms with Gasteiger partial charge in [-0.1, -0.05) is 6.92 Å². The standard InChI is InChI=1S/C13H17N3O/c1-3-5-11-14-12-7-4-6-10-13(16(12)15-11)9(2)8-17-10/h8H,3-7H2,1-2H3/p+1. The fraction of sp³-hybridized carbons (Fsp3) is 0.538. The summed E-state index contributed by atoms with van der Waals surface area (Å²) in [5, 5.41) is 3.40. The van der Waals surface area contributed by atoms with Gasteiger partial charge in [-0.15, -0.1) is 4.68 Å². The van der Waals surface area contributed by atoms with Crippen LogP contribution < -0.4 is 4.68 Å². The van der Waals surface area contributed by atoms with Crippen LogP contribution in [-0.2, 0) is 19.3 Å². The minimum Gasteiger partial charge on any atom is -0.464 e. The van der Waals surface area contributed by atoms with Crippen LogP contribution in [0.3, 0.4) is 0 Å². The van der Waals surface area contributed by atoms with Gasteiger partial charge in [0.2, 0.25) is 0 Å². The van der Waals surface area contributed by atoms with Crippen LogP contribution >= 0.6 is 0 Å². The largest absolute Gasteiger partial charge is 0.464 e. The Hall–Kier alpha value is -1.58. The summed E-state index contributed by atoms with van der Waals surface area (Å²) in [7, 11) is 0. The molecule has 0 aromatic carbocycles. The van der Waals surface area contributed by atoms with Crippen LogP contribution in [0.2, 0.25) is 0 Å². The van der Waals surface area contributed by atoms with E-state index in [0.29, 0.717) is 0 Å². The van der Waals surface area contributed by atoms with Crippen LogP contribution in [0, 0.1) is 6.92 Å². The first-order valence-corrected chi connectivity index (χ1v) is 6.36. The molecule has 1 aliphatic rings. The maximum Gasteiger partial charge on any atom is 0.324 e. The van der Waals surface area contributed by atoms with Gasteiger partial charge in [0.1, 0.15) is 0 Å². The molecule has 0 fully saturated rings. The summed E-state index contributed by atoms with van der Waals surface area (Å²) in [6, 6.07) is 0. The van der Waals surface area contributed by atoms with Crippen LogP contribution in [0.4, 0.5) is 0 Å². The Balaban J connectivity index is 2.13. The Morgan fingerprint density at radius 1 is 1.47 bits per heavy atom. The van der Waals surface area contributed by atoms with E-state index in [9.17, 15) is 0 Å². The second-order valence-electron chi connectivity index (χ2n) is 4.72. The predicted octanol–water partition coefficient (Wildman–Crippen LogP) is 2.03. The van der Waals surface area contributed by atoms with Gasteiger partial charge >= 0.3 is 5.82 Å². The first kappa shape index (κ1) is 10.6. The van der Waals surface area contributed by atoms with E-state index in [1.54, 1.807) is 0 Å². The minimum atomic E-state index is 1.00. The Morgan fingerprint density at radius 3 is 3.18 bits per heavy atom. The van der Waals surface area contributed by atoms with Gasteiger partial charge in [0, 0.05) is 18.4 Å². The van der Waals surface area contributed by atoms with E-state index in [0.717, 1.165) is 49.5 Å². The summed E-state index contributed by atoms with van der Waals surface area (Å²) in [5.41, 5.74) is 2.35. The summed E-state index contributed by atoms with van der Waals surface area (Å²) in [5.74, 6) is 3.30. The SMILES string of the molecule is CCCc1nc2[n+]([nH]1)-c1c(C)coc1CCC2. The molecule has 0 aliphatic carbocycles. The lowest BCUT2D eigenvalue weighted by Gasteiger charge is -1.95. The second kappa shape index (κ2) is 4.02. The smallest absolute Gasteiger partial charge is 0.324 e. The zero-order chi connectivity index (χ0) is 11.8. The van der Waals surface area contributed by atoms with Crippen molar-refractivity contribution in [1.82, 2.24) is 10.1 Å². The Bertz CT molecular complexity index is 539. The van der Waals surface area contributed by atoms with Crippen molar-refractivity contribution >= 4 is 0 Å². The van der Waals surface area contributed by atoms with Gasteiger partial charge in [-0.05, 0) is 24.7 Å². The highest BCUT2D eigenvalue weighted by atomic mass is 16.3. The molecule has 0 saturated heterocycles. The third-order valence-electron chi connectivity index (χ3n) is 3.29. The number of nitrogens with zero attached hydrogens (tertiary/aromatic N) is 2. The predicted molar refractivity (Wildman–Crippen MR) is 63.1 cm³/mol. The summed E-state index contributed by atoms with van der Waals surface area (Å²) >= 11 is 0. The van der Waals surface area contributed by atoms with E-state index in [1.807, 2.05) is 6.26 Å². The second-order valence-corrected chi connectivity index (χ2v) is 4.72. The van der Waals surface area contributed by atoms with Crippen molar-refractivity contribution in [3.05, 3.63) is 29.2 Å². The van der Waals surface area contributed by atoms with Crippen molar-refractivity contribution in [2.24, 2.45) is 0 Å². The summed E-state index contributed by atoms with van der Waals surface area (Å²) in [6.07, 6.45) is 7.09. The lowest BCUT2D eigenvalue weighted by molar-refractivity contribution is -0.665. The molecule has 0 bridgehead atoms. The molecule has 4 nitrogen and oxygen atoms in total. The highest BCUT2D eigenvalue weighted by Crippen LogP contribution is 2.21. The lowest BCUT2D eigenvalue weighted by atomic mass is 10.2. The van der Waals surface area contributed by atoms with Crippen molar-refractivity contribution in [2.45, 2.75) is 46.0 Å². The first-order chi connectivity index (χ1) is 8.29. The van der Waals surface area contributed by atoms with Gasteiger partial charge in [-0.3, -0.25) is 0 Å². The summed E-state index contributed by atoms with van der Waals surface area (Å²) < 4.78 is 7.74. The maximum absolute atomic E-state index is 5.62. The number of nitrogens with one attached hydrogen (secondary N) is 1. The molecule has 0 unspecified atom stereocenters. The van der Waals surface area contributed by atoms with Gasteiger partial charge in [-0.25, -0.2) is 0 Å². The molecular formula is C13H18N3O+. The minimum absolute atomic E-state index is 1.00. The summed E-state index contributed by atoms with van der Waals surface area (Å²) in [6.45, 7) is 4.26. The van der Waals surface area contributed by atoms with E-state index in [4.69, 9.17) is 4.42 Å². The Labute approximate surface area is 101 Å².